The number of amides is 1. The molecule has 2 saturated heterocycles. The first-order valence-electron chi connectivity index (χ1n) is 8.44. The number of methoxy groups -OCH3 is 1. The van der Waals surface area contributed by atoms with Crippen molar-refractivity contribution in [2.75, 3.05) is 7.11 Å². The van der Waals surface area contributed by atoms with Crippen molar-refractivity contribution >= 4 is 5.91 Å². The second kappa shape index (κ2) is 5.24. The molecule has 0 aromatic carbocycles. The van der Waals surface area contributed by atoms with E-state index < -0.39 is 0 Å². The van der Waals surface area contributed by atoms with Crippen LogP contribution in [0.4, 0.5) is 0 Å². The maximum absolute atomic E-state index is 12.4. The van der Waals surface area contributed by atoms with E-state index in [2.05, 4.69) is 31.4 Å². The molecule has 3 fully saturated rings. The second-order valence-electron chi connectivity index (χ2n) is 8.16. The van der Waals surface area contributed by atoms with E-state index in [9.17, 15) is 4.79 Å². The highest BCUT2D eigenvalue weighted by Gasteiger charge is 2.58. The highest BCUT2D eigenvalue weighted by Crippen LogP contribution is 2.51. The molecule has 0 aromatic rings. The van der Waals surface area contributed by atoms with Gasteiger partial charge in [0.1, 0.15) is 0 Å². The van der Waals surface area contributed by atoms with Gasteiger partial charge >= 0.3 is 0 Å². The van der Waals surface area contributed by atoms with Gasteiger partial charge in [-0.3, -0.25) is 4.79 Å². The average molecular weight is 294 g/mol. The Kier molecular flexibility index (Phi) is 3.81. The van der Waals surface area contributed by atoms with Gasteiger partial charge < -0.3 is 15.4 Å². The van der Waals surface area contributed by atoms with Crippen molar-refractivity contribution in [1.82, 2.24) is 10.6 Å². The quantitative estimate of drug-likeness (QED) is 0.836. The molecule has 0 radical (unpaired) electrons. The molecule has 4 nitrogen and oxygen atoms in total. The summed E-state index contributed by atoms with van der Waals surface area (Å²) in [5, 5.41) is 6.89. The molecule has 2 N–H and O–H groups in total. The van der Waals surface area contributed by atoms with Crippen LogP contribution in [0.1, 0.15) is 59.3 Å². The molecule has 1 aliphatic carbocycles. The van der Waals surface area contributed by atoms with Crippen LogP contribution in [0, 0.1) is 11.3 Å². The minimum Gasteiger partial charge on any atom is -0.378 e. The van der Waals surface area contributed by atoms with Crippen molar-refractivity contribution in [3.8, 4) is 0 Å². The molecule has 2 aliphatic heterocycles. The average Bonchev–Trinajstić information content (AvgIpc) is 2.77. The predicted molar refractivity (Wildman–Crippen MR) is 83.0 cm³/mol. The Balaban J connectivity index is 1.49. The van der Waals surface area contributed by atoms with Crippen molar-refractivity contribution in [2.24, 2.45) is 11.3 Å². The number of hydrogen-bond acceptors (Lipinski definition) is 3. The standard InChI is InChI=1S/C17H30N2O2/c1-16(2)14(10-17(16,3)21-4)19-15(20)9-11-7-12-5-6-13(8-11)18-12/h11-14,18H,5-10H2,1-4H3,(H,19,20). The summed E-state index contributed by atoms with van der Waals surface area (Å²) in [6.07, 6.45) is 6.56. The zero-order chi connectivity index (χ0) is 15.3. The Labute approximate surface area is 128 Å². The smallest absolute Gasteiger partial charge is 0.220 e. The minimum absolute atomic E-state index is 0.00452. The molecular formula is C17H30N2O2. The maximum atomic E-state index is 12.4. The number of hydrogen-bond donors (Lipinski definition) is 2. The lowest BCUT2D eigenvalue weighted by Crippen LogP contribution is -2.68. The third kappa shape index (κ3) is 2.61. The molecular weight excluding hydrogens is 264 g/mol. The first-order valence-corrected chi connectivity index (χ1v) is 8.44. The molecule has 0 aromatic heterocycles. The van der Waals surface area contributed by atoms with E-state index in [-0.39, 0.29) is 23.0 Å². The number of fused-ring (bicyclic) bond motifs is 2. The Hall–Kier alpha value is -0.610. The van der Waals surface area contributed by atoms with E-state index in [1.807, 2.05) is 0 Å². The van der Waals surface area contributed by atoms with Gasteiger partial charge in [0.15, 0.2) is 0 Å². The van der Waals surface area contributed by atoms with E-state index in [0.717, 1.165) is 6.42 Å². The molecule has 4 atom stereocenters. The van der Waals surface area contributed by atoms with Gasteiger partial charge in [0, 0.05) is 37.1 Å². The molecule has 1 amide bonds. The van der Waals surface area contributed by atoms with Gasteiger partial charge in [-0.25, -0.2) is 0 Å². The largest absolute Gasteiger partial charge is 0.378 e. The summed E-state index contributed by atoms with van der Waals surface area (Å²) >= 11 is 0. The summed E-state index contributed by atoms with van der Waals surface area (Å²) in [7, 11) is 1.77. The molecule has 2 heterocycles. The van der Waals surface area contributed by atoms with E-state index in [1.54, 1.807) is 7.11 Å². The number of nitrogens with one attached hydrogen (secondary N) is 2. The fourth-order valence-electron chi connectivity index (χ4n) is 4.58. The lowest BCUT2D eigenvalue weighted by Gasteiger charge is -2.59. The van der Waals surface area contributed by atoms with Gasteiger partial charge in [0.2, 0.25) is 5.91 Å². The van der Waals surface area contributed by atoms with E-state index in [4.69, 9.17) is 4.74 Å². The summed E-state index contributed by atoms with van der Waals surface area (Å²) in [6, 6.07) is 1.57. The molecule has 120 valence electrons. The zero-order valence-corrected chi connectivity index (χ0v) is 13.9. The molecule has 0 spiro atoms. The van der Waals surface area contributed by atoms with Crippen LogP contribution in [0.5, 0.6) is 0 Å². The molecule has 21 heavy (non-hydrogen) atoms. The summed E-state index contributed by atoms with van der Waals surface area (Å²) in [6.45, 7) is 6.52. The van der Waals surface area contributed by atoms with Crippen LogP contribution >= 0.6 is 0 Å². The Morgan fingerprint density at radius 1 is 1.24 bits per heavy atom. The van der Waals surface area contributed by atoms with Gasteiger partial charge in [-0.15, -0.1) is 0 Å². The SMILES string of the molecule is COC1(C)CC(NC(=O)CC2CC3CCC(C2)N3)C1(C)C. The van der Waals surface area contributed by atoms with Crippen LogP contribution in [-0.4, -0.2) is 36.7 Å². The number of carbonyl (C=O) groups is 1. The van der Waals surface area contributed by atoms with Gasteiger partial charge in [-0.1, -0.05) is 13.8 Å². The predicted octanol–water partition coefficient (Wildman–Crippen LogP) is 2.23. The first-order chi connectivity index (χ1) is 9.84. The summed E-state index contributed by atoms with van der Waals surface area (Å²) < 4.78 is 5.63. The van der Waals surface area contributed by atoms with Crippen LogP contribution in [0.15, 0.2) is 0 Å². The van der Waals surface area contributed by atoms with Crippen LogP contribution in [-0.2, 0) is 9.53 Å². The fraction of sp³-hybridized carbons (Fsp3) is 0.941. The maximum Gasteiger partial charge on any atom is 0.220 e. The topological polar surface area (TPSA) is 50.4 Å². The number of ether oxygens (including phenoxy) is 1. The Bertz CT molecular complexity index is 411. The highest BCUT2D eigenvalue weighted by molar-refractivity contribution is 5.77. The van der Waals surface area contributed by atoms with Gasteiger partial charge in [-0.2, -0.15) is 0 Å². The summed E-state index contributed by atoms with van der Waals surface area (Å²) in [5.74, 6) is 0.804. The van der Waals surface area contributed by atoms with Gasteiger partial charge in [0.05, 0.1) is 5.60 Å². The second-order valence-corrected chi connectivity index (χ2v) is 8.16. The van der Waals surface area contributed by atoms with Crippen LogP contribution in [0.3, 0.4) is 0 Å². The summed E-state index contributed by atoms with van der Waals surface area (Å²) in [4.78, 5) is 12.4. The van der Waals surface area contributed by atoms with Crippen LogP contribution in [0.2, 0.25) is 0 Å². The van der Waals surface area contributed by atoms with Crippen LogP contribution < -0.4 is 10.6 Å². The molecule has 3 aliphatic rings. The molecule has 4 unspecified atom stereocenters. The molecule has 3 rings (SSSR count). The zero-order valence-electron chi connectivity index (χ0n) is 13.9. The lowest BCUT2D eigenvalue weighted by molar-refractivity contribution is -0.182. The Morgan fingerprint density at radius 2 is 1.86 bits per heavy atom. The summed E-state index contributed by atoms with van der Waals surface area (Å²) in [5.41, 5.74) is -0.108. The fourth-order valence-corrected chi connectivity index (χ4v) is 4.58. The molecule has 4 heteroatoms. The van der Waals surface area contributed by atoms with E-state index >= 15 is 0 Å². The molecule has 2 bridgehead atoms. The van der Waals surface area contributed by atoms with Crippen molar-refractivity contribution in [1.29, 1.82) is 0 Å². The minimum atomic E-state index is -0.112. The monoisotopic (exact) mass is 294 g/mol. The highest BCUT2D eigenvalue weighted by atomic mass is 16.5. The normalized spacial score (nSPS) is 44.2. The van der Waals surface area contributed by atoms with E-state index in [0.29, 0.717) is 24.4 Å². The van der Waals surface area contributed by atoms with Gasteiger partial charge in [-0.05, 0) is 44.9 Å². The third-order valence-electron chi connectivity index (χ3n) is 6.66. The number of carbonyl (C=O) groups excluding carboxylic acids is 1. The van der Waals surface area contributed by atoms with Crippen molar-refractivity contribution < 1.29 is 9.53 Å². The third-order valence-corrected chi connectivity index (χ3v) is 6.66. The van der Waals surface area contributed by atoms with Crippen molar-refractivity contribution in [3.05, 3.63) is 0 Å². The van der Waals surface area contributed by atoms with Crippen molar-refractivity contribution in [2.45, 2.75) is 83.0 Å². The Morgan fingerprint density at radius 3 is 2.38 bits per heavy atom. The van der Waals surface area contributed by atoms with Crippen molar-refractivity contribution in [3.63, 3.8) is 0 Å². The molecule has 1 saturated carbocycles. The lowest BCUT2D eigenvalue weighted by atomic mass is 9.56. The number of rotatable bonds is 4. The first kappa shape index (κ1) is 15.3. The van der Waals surface area contributed by atoms with Gasteiger partial charge in [0.25, 0.3) is 0 Å². The van der Waals surface area contributed by atoms with E-state index in [1.165, 1.54) is 25.7 Å². The van der Waals surface area contributed by atoms with Crippen LogP contribution in [0.25, 0.3) is 0 Å². The number of piperidine rings is 1.